The predicted octanol–water partition coefficient (Wildman–Crippen LogP) is 3.14. The first-order valence-electron chi connectivity index (χ1n) is 8.41. The SMILES string of the molecule is CCOc1cccc2c1C(O)C(N1CCCCC1)C(C)(C)O2. The second-order valence-corrected chi connectivity index (χ2v) is 6.79. The van der Waals surface area contributed by atoms with Gasteiger partial charge in [0.1, 0.15) is 23.2 Å². The molecule has 2 unspecified atom stereocenters. The summed E-state index contributed by atoms with van der Waals surface area (Å²) in [5.41, 5.74) is 0.383. The quantitative estimate of drug-likeness (QED) is 0.931. The third-order valence-electron chi connectivity index (χ3n) is 4.79. The lowest BCUT2D eigenvalue weighted by Gasteiger charge is -2.49. The topological polar surface area (TPSA) is 41.9 Å². The van der Waals surface area contributed by atoms with Crippen molar-refractivity contribution < 1.29 is 14.6 Å². The van der Waals surface area contributed by atoms with Crippen molar-refractivity contribution in [1.82, 2.24) is 4.90 Å². The number of hydrogen-bond acceptors (Lipinski definition) is 4. The molecule has 3 rings (SSSR count). The monoisotopic (exact) mass is 305 g/mol. The Morgan fingerprint density at radius 1 is 1.27 bits per heavy atom. The van der Waals surface area contributed by atoms with E-state index >= 15 is 0 Å². The number of hydrogen-bond donors (Lipinski definition) is 1. The van der Waals surface area contributed by atoms with E-state index in [0.29, 0.717) is 6.61 Å². The molecule has 22 heavy (non-hydrogen) atoms. The van der Waals surface area contributed by atoms with Crippen LogP contribution in [0, 0.1) is 0 Å². The third-order valence-corrected chi connectivity index (χ3v) is 4.79. The van der Waals surface area contributed by atoms with Crippen LogP contribution >= 0.6 is 0 Å². The van der Waals surface area contributed by atoms with Crippen LogP contribution in [-0.2, 0) is 0 Å². The number of fused-ring (bicyclic) bond motifs is 1. The van der Waals surface area contributed by atoms with Crippen LogP contribution in [0.5, 0.6) is 11.5 Å². The van der Waals surface area contributed by atoms with Crippen LogP contribution in [-0.4, -0.2) is 41.3 Å². The molecule has 0 spiro atoms. The minimum atomic E-state index is -0.584. The molecule has 1 aromatic carbocycles. The van der Waals surface area contributed by atoms with Crippen LogP contribution in [0.3, 0.4) is 0 Å². The maximum Gasteiger partial charge on any atom is 0.129 e. The predicted molar refractivity (Wildman–Crippen MR) is 86.5 cm³/mol. The number of aliphatic hydroxyl groups excluding tert-OH is 1. The van der Waals surface area contributed by atoms with Gasteiger partial charge < -0.3 is 14.6 Å². The van der Waals surface area contributed by atoms with Crippen LogP contribution in [0.25, 0.3) is 0 Å². The van der Waals surface area contributed by atoms with Gasteiger partial charge in [-0.1, -0.05) is 12.5 Å². The molecule has 0 aliphatic carbocycles. The molecule has 1 fully saturated rings. The van der Waals surface area contributed by atoms with E-state index in [-0.39, 0.29) is 6.04 Å². The summed E-state index contributed by atoms with van der Waals surface area (Å²) in [6, 6.07) is 5.73. The summed E-state index contributed by atoms with van der Waals surface area (Å²) in [5.74, 6) is 1.49. The van der Waals surface area contributed by atoms with Crippen molar-refractivity contribution in [1.29, 1.82) is 0 Å². The third kappa shape index (κ3) is 2.70. The molecule has 0 amide bonds. The van der Waals surface area contributed by atoms with Gasteiger partial charge in [-0.3, -0.25) is 4.90 Å². The Labute approximate surface area is 133 Å². The smallest absolute Gasteiger partial charge is 0.129 e. The maximum atomic E-state index is 11.1. The average Bonchev–Trinajstić information content (AvgIpc) is 2.47. The van der Waals surface area contributed by atoms with E-state index < -0.39 is 11.7 Å². The van der Waals surface area contributed by atoms with E-state index in [9.17, 15) is 5.11 Å². The normalized spacial score (nSPS) is 27.8. The highest BCUT2D eigenvalue weighted by atomic mass is 16.5. The molecule has 2 aliphatic rings. The first kappa shape index (κ1) is 15.6. The summed E-state index contributed by atoms with van der Waals surface area (Å²) >= 11 is 0. The molecule has 0 bridgehead atoms. The van der Waals surface area contributed by atoms with Crippen LogP contribution in [0.15, 0.2) is 18.2 Å². The number of nitrogens with zero attached hydrogens (tertiary/aromatic N) is 1. The number of likely N-dealkylation sites (tertiary alicyclic amines) is 1. The lowest BCUT2D eigenvalue weighted by Crippen LogP contribution is -2.59. The minimum Gasteiger partial charge on any atom is -0.493 e. The molecule has 1 aromatic rings. The molecule has 0 saturated carbocycles. The fourth-order valence-electron chi connectivity index (χ4n) is 3.90. The second kappa shape index (κ2) is 6.09. The Balaban J connectivity index is 1.99. The van der Waals surface area contributed by atoms with Gasteiger partial charge in [0.05, 0.1) is 18.2 Å². The second-order valence-electron chi connectivity index (χ2n) is 6.79. The van der Waals surface area contributed by atoms with Crippen LogP contribution < -0.4 is 9.47 Å². The summed E-state index contributed by atoms with van der Waals surface area (Å²) in [5, 5.41) is 11.1. The lowest BCUT2D eigenvalue weighted by molar-refractivity contribution is -0.0882. The standard InChI is InChI=1S/C18H27NO3/c1-4-21-13-9-8-10-14-15(13)16(20)17(18(2,3)22-14)19-11-6-5-7-12-19/h8-10,16-17,20H,4-7,11-12H2,1-3H3. The summed E-state index contributed by atoms with van der Waals surface area (Å²) in [7, 11) is 0. The van der Waals surface area contributed by atoms with Crippen molar-refractivity contribution in [3.8, 4) is 11.5 Å². The molecule has 122 valence electrons. The largest absolute Gasteiger partial charge is 0.493 e. The van der Waals surface area contributed by atoms with E-state index in [1.807, 2.05) is 25.1 Å². The molecule has 4 nitrogen and oxygen atoms in total. The van der Waals surface area contributed by atoms with Gasteiger partial charge in [0.25, 0.3) is 0 Å². The first-order valence-corrected chi connectivity index (χ1v) is 8.41. The fourth-order valence-corrected chi connectivity index (χ4v) is 3.90. The molecule has 0 radical (unpaired) electrons. The Morgan fingerprint density at radius 3 is 2.68 bits per heavy atom. The van der Waals surface area contributed by atoms with Gasteiger partial charge >= 0.3 is 0 Å². The molecular weight excluding hydrogens is 278 g/mol. The zero-order chi connectivity index (χ0) is 15.7. The molecule has 2 heterocycles. The first-order chi connectivity index (χ1) is 10.5. The van der Waals surface area contributed by atoms with Crippen LogP contribution in [0.4, 0.5) is 0 Å². The summed E-state index contributed by atoms with van der Waals surface area (Å²) < 4.78 is 12.0. The van der Waals surface area contributed by atoms with Gasteiger partial charge in [-0.15, -0.1) is 0 Å². The van der Waals surface area contributed by atoms with E-state index in [2.05, 4.69) is 18.7 Å². The molecule has 0 aromatic heterocycles. The van der Waals surface area contributed by atoms with E-state index in [1.54, 1.807) is 0 Å². The zero-order valence-electron chi connectivity index (χ0n) is 13.8. The van der Waals surface area contributed by atoms with Gasteiger partial charge in [0.15, 0.2) is 0 Å². The minimum absolute atomic E-state index is 0.0399. The lowest BCUT2D eigenvalue weighted by atomic mass is 9.83. The zero-order valence-corrected chi connectivity index (χ0v) is 13.8. The summed E-state index contributed by atoms with van der Waals surface area (Å²) in [6.07, 6.45) is 3.08. The Bertz CT molecular complexity index is 523. The van der Waals surface area contributed by atoms with Crippen molar-refractivity contribution >= 4 is 0 Å². The van der Waals surface area contributed by atoms with Gasteiger partial charge in [-0.2, -0.15) is 0 Å². The van der Waals surface area contributed by atoms with Crippen molar-refractivity contribution in [2.75, 3.05) is 19.7 Å². The molecule has 1 saturated heterocycles. The van der Waals surface area contributed by atoms with Gasteiger partial charge in [0, 0.05) is 0 Å². The average molecular weight is 305 g/mol. The van der Waals surface area contributed by atoms with Crippen LogP contribution in [0.1, 0.15) is 51.7 Å². The highest BCUT2D eigenvalue weighted by Crippen LogP contribution is 2.46. The number of benzene rings is 1. The molecular formula is C18H27NO3. The highest BCUT2D eigenvalue weighted by molar-refractivity contribution is 5.49. The van der Waals surface area contributed by atoms with Gasteiger partial charge in [-0.25, -0.2) is 0 Å². The molecule has 4 heteroatoms. The number of aliphatic hydroxyl groups is 1. The Morgan fingerprint density at radius 2 is 2.00 bits per heavy atom. The number of ether oxygens (including phenoxy) is 2. The summed E-state index contributed by atoms with van der Waals surface area (Å²) in [4.78, 5) is 2.39. The maximum absolute atomic E-state index is 11.1. The fraction of sp³-hybridized carbons (Fsp3) is 0.667. The van der Waals surface area contributed by atoms with Crippen molar-refractivity contribution in [2.24, 2.45) is 0 Å². The molecule has 2 atom stereocenters. The number of piperidine rings is 1. The van der Waals surface area contributed by atoms with E-state index in [1.165, 1.54) is 19.3 Å². The Hall–Kier alpha value is -1.26. The summed E-state index contributed by atoms with van der Waals surface area (Å²) in [6.45, 7) is 8.75. The van der Waals surface area contributed by atoms with Crippen molar-refractivity contribution in [2.45, 2.75) is 57.8 Å². The van der Waals surface area contributed by atoms with Crippen LogP contribution in [0.2, 0.25) is 0 Å². The van der Waals surface area contributed by atoms with E-state index in [4.69, 9.17) is 9.47 Å². The van der Waals surface area contributed by atoms with Gasteiger partial charge in [-0.05, 0) is 58.8 Å². The molecule has 1 N–H and O–H groups in total. The highest BCUT2D eigenvalue weighted by Gasteiger charge is 2.47. The van der Waals surface area contributed by atoms with Crippen molar-refractivity contribution in [3.63, 3.8) is 0 Å². The number of rotatable bonds is 3. The Kier molecular flexibility index (Phi) is 4.33. The van der Waals surface area contributed by atoms with Gasteiger partial charge in [0.2, 0.25) is 0 Å². The van der Waals surface area contributed by atoms with E-state index in [0.717, 1.165) is 30.2 Å². The van der Waals surface area contributed by atoms with Crippen molar-refractivity contribution in [3.05, 3.63) is 23.8 Å². The molecule has 2 aliphatic heterocycles.